The maximum absolute atomic E-state index is 12.4. The zero-order valence-corrected chi connectivity index (χ0v) is 19.3. The number of hydrogen-bond acceptors (Lipinski definition) is 6. The number of hydrazone groups is 1. The number of carbonyl (C=O) groups is 2. The topological polar surface area (TPSA) is 86.2 Å². The van der Waals surface area contributed by atoms with E-state index in [1.807, 2.05) is 19.1 Å². The van der Waals surface area contributed by atoms with E-state index in [1.165, 1.54) is 31.5 Å². The maximum atomic E-state index is 12.4. The number of carbonyl (C=O) groups excluding carboxylic acids is 2. The first kappa shape index (κ1) is 24.1. The molecule has 0 spiro atoms. The number of methoxy groups -OCH3 is 1. The fourth-order valence-corrected chi connectivity index (χ4v) is 2.92. The third kappa shape index (κ3) is 6.97. The number of benzene rings is 3. The molecule has 33 heavy (non-hydrogen) atoms. The summed E-state index contributed by atoms with van der Waals surface area (Å²) in [4.78, 5) is 24.3. The number of nitrogens with one attached hydrogen (secondary N) is 1. The van der Waals surface area contributed by atoms with E-state index in [0.717, 1.165) is 5.56 Å². The Labute approximate surface area is 200 Å². The van der Waals surface area contributed by atoms with E-state index < -0.39 is 11.9 Å². The van der Waals surface area contributed by atoms with Gasteiger partial charge in [-0.1, -0.05) is 40.9 Å². The minimum Gasteiger partial charge on any atom is -0.493 e. The summed E-state index contributed by atoms with van der Waals surface area (Å²) >= 11 is 11.8. The lowest BCUT2D eigenvalue weighted by atomic mass is 10.2. The van der Waals surface area contributed by atoms with Gasteiger partial charge < -0.3 is 14.2 Å². The van der Waals surface area contributed by atoms with Crippen LogP contribution in [0.25, 0.3) is 0 Å². The fourth-order valence-electron chi connectivity index (χ4n) is 2.63. The molecule has 0 radical (unpaired) electrons. The second-order valence-electron chi connectivity index (χ2n) is 6.82. The Balaban J connectivity index is 1.57. The number of nitrogens with zero attached hydrogens (tertiary/aromatic N) is 1. The quantitative estimate of drug-likeness (QED) is 0.208. The molecule has 7 nitrogen and oxygen atoms in total. The summed E-state index contributed by atoms with van der Waals surface area (Å²) in [5, 5.41) is 4.49. The van der Waals surface area contributed by atoms with Crippen LogP contribution in [0.1, 0.15) is 21.5 Å². The smallest absolute Gasteiger partial charge is 0.343 e. The van der Waals surface area contributed by atoms with Gasteiger partial charge in [0, 0.05) is 0 Å². The van der Waals surface area contributed by atoms with Crippen LogP contribution in [-0.4, -0.2) is 31.8 Å². The van der Waals surface area contributed by atoms with Crippen molar-refractivity contribution in [3.05, 3.63) is 87.4 Å². The summed E-state index contributed by atoms with van der Waals surface area (Å²) in [5.74, 6) is 0.0817. The number of hydrogen-bond donors (Lipinski definition) is 1. The van der Waals surface area contributed by atoms with E-state index in [4.69, 9.17) is 37.4 Å². The van der Waals surface area contributed by atoms with Gasteiger partial charge in [-0.25, -0.2) is 10.2 Å². The van der Waals surface area contributed by atoms with Crippen LogP contribution < -0.4 is 19.6 Å². The van der Waals surface area contributed by atoms with Crippen LogP contribution in [0, 0.1) is 6.92 Å². The van der Waals surface area contributed by atoms with Crippen molar-refractivity contribution < 1.29 is 23.8 Å². The van der Waals surface area contributed by atoms with Crippen LogP contribution >= 0.6 is 23.2 Å². The molecular weight excluding hydrogens is 467 g/mol. The number of rotatable bonds is 8. The van der Waals surface area contributed by atoms with Crippen molar-refractivity contribution in [2.24, 2.45) is 5.10 Å². The van der Waals surface area contributed by atoms with Gasteiger partial charge in [0.15, 0.2) is 18.1 Å². The first-order valence-electron chi connectivity index (χ1n) is 9.72. The molecule has 0 heterocycles. The molecule has 0 aliphatic rings. The highest BCUT2D eigenvalue weighted by Gasteiger charge is 2.14. The number of ether oxygens (including phenoxy) is 3. The zero-order chi connectivity index (χ0) is 23.8. The van der Waals surface area contributed by atoms with Gasteiger partial charge in [-0.2, -0.15) is 5.10 Å². The molecule has 1 N–H and O–H groups in total. The second kappa shape index (κ2) is 11.4. The van der Waals surface area contributed by atoms with Crippen molar-refractivity contribution in [2.45, 2.75) is 6.92 Å². The van der Waals surface area contributed by atoms with Crippen LogP contribution in [0.3, 0.4) is 0 Å². The summed E-state index contributed by atoms with van der Waals surface area (Å²) in [6.07, 6.45) is 1.43. The van der Waals surface area contributed by atoms with Gasteiger partial charge >= 0.3 is 5.97 Å². The zero-order valence-electron chi connectivity index (χ0n) is 17.8. The van der Waals surface area contributed by atoms with E-state index in [9.17, 15) is 9.59 Å². The van der Waals surface area contributed by atoms with Gasteiger partial charge in [-0.05, 0) is 61.0 Å². The van der Waals surface area contributed by atoms with Gasteiger partial charge in [0.25, 0.3) is 5.91 Å². The second-order valence-corrected chi connectivity index (χ2v) is 7.64. The highest BCUT2D eigenvalue weighted by atomic mass is 35.5. The third-order valence-corrected chi connectivity index (χ3v) is 5.08. The Hall–Kier alpha value is -3.55. The predicted molar refractivity (Wildman–Crippen MR) is 127 cm³/mol. The standard InChI is InChI=1S/C24H20Cl2N2O5/c1-15-3-7-18(8-4-15)32-14-23(29)28-27-13-16-5-10-21(22(11-16)31-2)33-24(30)17-6-9-19(25)20(26)12-17/h3-13H,14H2,1-2H3,(H,28,29)/b27-13-. The molecule has 3 aromatic rings. The summed E-state index contributed by atoms with van der Waals surface area (Å²) < 4.78 is 16.1. The summed E-state index contributed by atoms with van der Waals surface area (Å²) in [5.41, 5.74) is 4.34. The molecule has 1 amide bonds. The van der Waals surface area contributed by atoms with Crippen molar-refractivity contribution >= 4 is 41.3 Å². The molecule has 0 bridgehead atoms. The van der Waals surface area contributed by atoms with E-state index in [2.05, 4.69) is 10.5 Å². The van der Waals surface area contributed by atoms with E-state index >= 15 is 0 Å². The molecule has 0 saturated heterocycles. The molecule has 0 fully saturated rings. The molecule has 170 valence electrons. The summed E-state index contributed by atoms with van der Waals surface area (Å²) in [7, 11) is 1.44. The van der Waals surface area contributed by atoms with Gasteiger partial charge in [0.05, 0.1) is 28.9 Å². The SMILES string of the molecule is COc1cc(/C=N\NC(=O)COc2ccc(C)cc2)ccc1OC(=O)c1ccc(Cl)c(Cl)c1. The van der Waals surface area contributed by atoms with Crippen LogP contribution in [0.4, 0.5) is 0 Å². The van der Waals surface area contributed by atoms with Crippen molar-refractivity contribution in [3.8, 4) is 17.2 Å². The molecule has 0 aliphatic carbocycles. The molecule has 0 atom stereocenters. The van der Waals surface area contributed by atoms with E-state index in [0.29, 0.717) is 22.1 Å². The molecule has 9 heteroatoms. The van der Waals surface area contributed by atoms with Gasteiger partial charge in [-0.15, -0.1) is 0 Å². The molecule has 0 aliphatic heterocycles. The average molecular weight is 487 g/mol. The van der Waals surface area contributed by atoms with E-state index in [-0.39, 0.29) is 22.9 Å². The van der Waals surface area contributed by atoms with Gasteiger partial charge in [0.2, 0.25) is 0 Å². The monoisotopic (exact) mass is 486 g/mol. The lowest BCUT2D eigenvalue weighted by molar-refractivity contribution is -0.123. The van der Waals surface area contributed by atoms with Crippen molar-refractivity contribution in [2.75, 3.05) is 13.7 Å². The van der Waals surface area contributed by atoms with E-state index in [1.54, 1.807) is 30.3 Å². The maximum Gasteiger partial charge on any atom is 0.343 e. The molecule has 0 aromatic heterocycles. The Bertz CT molecular complexity index is 1180. The lowest BCUT2D eigenvalue weighted by Crippen LogP contribution is -2.24. The van der Waals surface area contributed by atoms with Crippen LogP contribution in [0.5, 0.6) is 17.2 Å². The molecule has 3 aromatic carbocycles. The lowest BCUT2D eigenvalue weighted by Gasteiger charge is -2.10. The number of aryl methyl sites for hydroxylation is 1. The summed E-state index contributed by atoms with van der Waals surface area (Å²) in [6, 6.07) is 16.6. The Morgan fingerprint density at radius 2 is 1.73 bits per heavy atom. The number of amides is 1. The van der Waals surface area contributed by atoms with Gasteiger partial charge in [-0.3, -0.25) is 4.79 Å². The predicted octanol–water partition coefficient (Wildman–Crippen LogP) is 5.06. The van der Waals surface area contributed by atoms with Crippen molar-refractivity contribution in [1.82, 2.24) is 5.43 Å². The van der Waals surface area contributed by atoms with Gasteiger partial charge in [0.1, 0.15) is 5.75 Å². The molecule has 0 saturated carbocycles. The van der Waals surface area contributed by atoms with Crippen molar-refractivity contribution in [1.29, 1.82) is 0 Å². The van der Waals surface area contributed by atoms with Crippen LogP contribution in [0.15, 0.2) is 65.8 Å². The fraction of sp³-hybridized carbons (Fsp3) is 0.125. The molecule has 3 rings (SSSR count). The number of halogens is 2. The normalized spacial score (nSPS) is 10.7. The number of esters is 1. The highest BCUT2D eigenvalue weighted by Crippen LogP contribution is 2.29. The first-order valence-corrected chi connectivity index (χ1v) is 10.5. The average Bonchev–Trinajstić information content (AvgIpc) is 2.81. The van der Waals surface area contributed by atoms with Crippen LogP contribution in [-0.2, 0) is 4.79 Å². The third-order valence-electron chi connectivity index (χ3n) is 4.34. The first-order chi connectivity index (χ1) is 15.9. The molecule has 0 unspecified atom stereocenters. The Morgan fingerprint density at radius 1 is 0.970 bits per heavy atom. The highest BCUT2D eigenvalue weighted by molar-refractivity contribution is 6.42. The summed E-state index contributed by atoms with van der Waals surface area (Å²) in [6.45, 7) is 1.79. The minimum atomic E-state index is -0.617. The minimum absolute atomic E-state index is 0.173. The van der Waals surface area contributed by atoms with Crippen LogP contribution in [0.2, 0.25) is 10.0 Å². The van der Waals surface area contributed by atoms with Crippen molar-refractivity contribution in [3.63, 3.8) is 0 Å². The molecular formula is C24H20Cl2N2O5. The Morgan fingerprint density at radius 3 is 2.42 bits per heavy atom. The largest absolute Gasteiger partial charge is 0.493 e. The Kier molecular flexibility index (Phi) is 8.29.